The highest BCUT2D eigenvalue weighted by Gasteiger charge is 2.08. The molecule has 0 aliphatic carbocycles. The molecule has 2 rings (SSSR count). The quantitative estimate of drug-likeness (QED) is 0.683. The first-order valence-corrected chi connectivity index (χ1v) is 6.77. The number of carbonyl (C=O) groups excluding carboxylic acids is 1. The number of rotatable bonds is 5. The number of aromatic hydroxyl groups is 1. The molecule has 0 aliphatic rings. The number of methoxy groups -OCH3 is 1. The van der Waals surface area contributed by atoms with Crippen LogP contribution < -0.4 is 15.4 Å². The van der Waals surface area contributed by atoms with Crippen LogP contribution in [0, 0.1) is 0 Å². The predicted molar refractivity (Wildman–Crippen MR) is 84.5 cm³/mol. The van der Waals surface area contributed by atoms with Crippen molar-refractivity contribution < 1.29 is 19.7 Å². The van der Waals surface area contributed by atoms with Crippen LogP contribution in [0.2, 0.25) is 0 Å². The molecule has 0 unspecified atom stereocenters. The number of nitrogens with one attached hydrogen (secondary N) is 2. The lowest BCUT2D eigenvalue weighted by molar-refractivity contribution is 0.262. The van der Waals surface area contributed by atoms with E-state index in [2.05, 4.69) is 10.6 Å². The molecule has 2 amide bonds. The molecule has 6 heteroatoms. The van der Waals surface area contributed by atoms with E-state index in [-0.39, 0.29) is 12.4 Å². The Morgan fingerprint density at radius 3 is 2.50 bits per heavy atom. The minimum Gasteiger partial charge on any atom is -0.508 e. The summed E-state index contributed by atoms with van der Waals surface area (Å²) < 4.78 is 5.12. The number of urea groups is 1. The fourth-order valence-electron chi connectivity index (χ4n) is 1.96. The third-order valence-corrected chi connectivity index (χ3v) is 3.04. The van der Waals surface area contributed by atoms with Crippen molar-refractivity contribution in [1.82, 2.24) is 0 Å². The number of hydrogen-bond donors (Lipinski definition) is 4. The Kier molecular flexibility index (Phi) is 5.21. The number of aliphatic hydroxyl groups is 1. The van der Waals surface area contributed by atoms with Crippen LogP contribution in [0.5, 0.6) is 11.5 Å². The minimum atomic E-state index is -0.446. The van der Waals surface area contributed by atoms with Gasteiger partial charge in [-0.15, -0.1) is 0 Å². The van der Waals surface area contributed by atoms with E-state index >= 15 is 0 Å². The summed E-state index contributed by atoms with van der Waals surface area (Å²) in [5.41, 5.74) is 1.98. The molecule has 4 N–H and O–H groups in total. The monoisotopic (exact) mass is 302 g/mol. The average molecular weight is 302 g/mol. The van der Waals surface area contributed by atoms with E-state index in [1.165, 1.54) is 19.2 Å². The summed E-state index contributed by atoms with van der Waals surface area (Å²) in [5, 5.41) is 23.6. The van der Waals surface area contributed by atoms with Crippen LogP contribution in [-0.4, -0.2) is 30.0 Å². The zero-order valence-corrected chi connectivity index (χ0v) is 12.2. The average Bonchev–Trinajstić information content (AvgIpc) is 2.50. The summed E-state index contributed by atoms with van der Waals surface area (Å²) in [4.78, 5) is 12.0. The summed E-state index contributed by atoms with van der Waals surface area (Å²) in [6, 6.07) is 11.2. The van der Waals surface area contributed by atoms with Gasteiger partial charge in [-0.05, 0) is 36.2 Å². The fourth-order valence-corrected chi connectivity index (χ4v) is 1.96. The van der Waals surface area contributed by atoms with Crippen LogP contribution in [0.4, 0.5) is 16.2 Å². The number of hydrogen-bond acceptors (Lipinski definition) is 4. The predicted octanol–water partition coefficient (Wildman–Crippen LogP) is 2.58. The van der Waals surface area contributed by atoms with E-state index in [4.69, 9.17) is 9.84 Å². The van der Waals surface area contributed by atoms with Gasteiger partial charge in [-0.2, -0.15) is 0 Å². The van der Waals surface area contributed by atoms with Gasteiger partial charge in [-0.1, -0.05) is 12.1 Å². The van der Waals surface area contributed by atoms with E-state index in [1.54, 1.807) is 18.2 Å². The maximum atomic E-state index is 12.0. The van der Waals surface area contributed by atoms with Crippen molar-refractivity contribution in [3.63, 3.8) is 0 Å². The Morgan fingerprint density at radius 2 is 1.86 bits per heavy atom. The number of benzene rings is 2. The third-order valence-electron chi connectivity index (χ3n) is 3.04. The Balaban J connectivity index is 2.02. The van der Waals surface area contributed by atoms with Gasteiger partial charge in [0.05, 0.1) is 12.8 Å². The Bertz CT molecular complexity index is 641. The Hall–Kier alpha value is -2.73. The zero-order chi connectivity index (χ0) is 15.9. The van der Waals surface area contributed by atoms with Gasteiger partial charge in [-0.3, -0.25) is 0 Å². The van der Waals surface area contributed by atoms with Gasteiger partial charge in [-0.25, -0.2) is 4.79 Å². The van der Waals surface area contributed by atoms with Gasteiger partial charge in [0.15, 0.2) is 0 Å². The number of phenols is 1. The van der Waals surface area contributed by atoms with Crippen molar-refractivity contribution in [2.75, 3.05) is 24.4 Å². The smallest absolute Gasteiger partial charge is 0.323 e. The van der Waals surface area contributed by atoms with Gasteiger partial charge in [0.25, 0.3) is 0 Å². The lowest BCUT2D eigenvalue weighted by atomic mass is 10.1. The molecule has 0 heterocycles. The van der Waals surface area contributed by atoms with Gasteiger partial charge < -0.3 is 25.6 Å². The first kappa shape index (κ1) is 15.7. The van der Waals surface area contributed by atoms with Crippen LogP contribution in [0.1, 0.15) is 5.56 Å². The number of amides is 2. The van der Waals surface area contributed by atoms with Crippen molar-refractivity contribution in [2.45, 2.75) is 6.42 Å². The molecule has 2 aromatic carbocycles. The highest BCUT2D eigenvalue weighted by atomic mass is 16.5. The van der Waals surface area contributed by atoms with Crippen LogP contribution in [0.25, 0.3) is 0 Å². The number of aliphatic hydroxyl groups excluding tert-OH is 1. The topological polar surface area (TPSA) is 90.8 Å². The van der Waals surface area contributed by atoms with E-state index in [0.29, 0.717) is 23.5 Å². The lowest BCUT2D eigenvalue weighted by Crippen LogP contribution is -2.19. The van der Waals surface area contributed by atoms with Gasteiger partial charge in [0.2, 0.25) is 0 Å². The van der Waals surface area contributed by atoms with Crippen molar-refractivity contribution in [3.05, 3.63) is 48.0 Å². The number of ether oxygens (including phenoxy) is 1. The molecule has 0 aliphatic heterocycles. The molecule has 0 radical (unpaired) electrons. The van der Waals surface area contributed by atoms with Crippen molar-refractivity contribution in [1.29, 1.82) is 0 Å². The molecule has 0 fully saturated rings. The molecule has 6 nitrogen and oxygen atoms in total. The summed E-state index contributed by atoms with van der Waals surface area (Å²) in [5.74, 6) is 0.482. The van der Waals surface area contributed by atoms with Crippen LogP contribution in [-0.2, 0) is 6.42 Å². The molecule has 0 atom stereocenters. The molecule has 22 heavy (non-hydrogen) atoms. The summed E-state index contributed by atoms with van der Waals surface area (Å²) >= 11 is 0. The summed E-state index contributed by atoms with van der Waals surface area (Å²) in [7, 11) is 1.48. The lowest BCUT2D eigenvalue weighted by Gasteiger charge is -2.11. The fraction of sp³-hybridized carbons (Fsp3) is 0.188. The van der Waals surface area contributed by atoms with Crippen LogP contribution >= 0.6 is 0 Å². The first-order chi connectivity index (χ1) is 10.6. The zero-order valence-electron chi connectivity index (χ0n) is 12.2. The number of anilines is 2. The van der Waals surface area contributed by atoms with Crippen molar-refractivity contribution >= 4 is 17.4 Å². The molecule has 0 saturated carbocycles. The standard InChI is InChI=1S/C16H18N2O4/c1-22-15-7-6-13(20)10-14(15)18-16(21)17-12-4-2-11(3-5-12)8-9-19/h2-7,10,19-20H,8-9H2,1H3,(H2,17,18,21). The highest BCUT2D eigenvalue weighted by molar-refractivity contribution is 6.00. The molecule has 0 aromatic heterocycles. The first-order valence-electron chi connectivity index (χ1n) is 6.77. The highest BCUT2D eigenvalue weighted by Crippen LogP contribution is 2.28. The maximum Gasteiger partial charge on any atom is 0.323 e. The van der Waals surface area contributed by atoms with Gasteiger partial charge in [0.1, 0.15) is 11.5 Å². The summed E-state index contributed by atoms with van der Waals surface area (Å²) in [6.45, 7) is 0.0879. The van der Waals surface area contributed by atoms with Gasteiger partial charge >= 0.3 is 6.03 Å². The second-order valence-corrected chi connectivity index (χ2v) is 4.63. The Morgan fingerprint density at radius 1 is 1.14 bits per heavy atom. The summed E-state index contributed by atoms with van der Waals surface area (Å²) in [6.07, 6.45) is 0.576. The molecule has 0 saturated heterocycles. The van der Waals surface area contributed by atoms with Crippen molar-refractivity contribution in [2.24, 2.45) is 0 Å². The van der Waals surface area contributed by atoms with Crippen LogP contribution in [0.15, 0.2) is 42.5 Å². The largest absolute Gasteiger partial charge is 0.508 e. The molecule has 116 valence electrons. The van der Waals surface area contributed by atoms with Gasteiger partial charge in [0, 0.05) is 18.4 Å². The third kappa shape index (κ3) is 4.13. The molecule has 0 bridgehead atoms. The van der Waals surface area contributed by atoms with E-state index < -0.39 is 6.03 Å². The van der Waals surface area contributed by atoms with Crippen molar-refractivity contribution in [3.8, 4) is 11.5 Å². The SMILES string of the molecule is COc1ccc(O)cc1NC(=O)Nc1ccc(CCO)cc1. The second-order valence-electron chi connectivity index (χ2n) is 4.63. The Labute approximate surface area is 128 Å². The van der Waals surface area contributed by atoms with E-state index in [0.717, 1.165) is 5.56 Å². The van der Waals surface area contributed by atoms with E-state index in [9.17, 15) is 9.90 Å². The molecular weight excluding hydrogens is 284 g/mol. The number of carbonyl (C=O) groups is 1. The second kappa shape index (κ2) is 7.33. The molecule has 0 spiro atoms. The molecular formula is C16H18N2O4. The normalized spacial score (nSPS) is 10.1. The maximum absolute atomic E-state index is 12.0. The van der Waals surface area contributed by atoms with E-state index in [1.807, 2.05) is 12.1 Å². The minimum absolute atomic E-state index is 0.0319. The molecule has 2 aromatic rings. The van der Waals surface area contributed by atoms with Crippen LogP contribution in [0.3, 0.4) is 0 Å². The number of phenolic OH excluding ortho intramolecular Hbond substituents is 1.